The Bertz CT molecular complexity index is 832. The molecule has 3 nitrogen and oxygen atoms in total. The van der Waals surface area contributed by atoms with E-state index in [2.05, 4.69) is 28.2 Å². The lowest BCUT2D eigenvalue weighted by Gasteiger charge is -2.14. The van der Waals surface area contributed by atoms with Crippen molar-refractivity contribution >= 4 is 33.2 Å². The maximum atomic E-state index is 12.4. The summed E-state index contributed by atoms with van der Waals surface area (Å²) >= 11 is 5.07. The number of hydrogen-bond acceptors (Lipinski definition) is 3. The lowest BCUT2D eigenvalue weighted by molar-refractivity contribution is 0.0935. The zero-order chi connectivity index (χ0) is 16.9. The lowest BCUT2D eigenvalue weighted by atomic mass is 10.1. The van der Waals surface area contributed by atoms with Crippen LogP contribution in [0, 0.1) is 0 Å². The molecule has 0 aliphatic heterocycles. The minimum Gasteiger partial charge on any atom is -0.343 e. The van der Waals surface area contributed by atoms with Crippen molar-refractivity contribution in [3.05, 3.63) is 75.0 Å². The van der Waals surface area contributed by atoms with E-state index in [-0.39, 0.29) is 11.9 Å². The van der Waals surface area contributed by atoms with Gasteiger partial charge in [-0.2, -0.15) is 0 Å². The van der Waals surface area contributed by atoms with Gasteiger partial charge in [-0.05, 0) is 30.7 Å². The molecule has 0 aliphatic rings. The first-order chi connectivity index (χ1) is 11.7. The Morgan fingerprint density at radius 3 is 2.71 bits per heavy atom. The minimum absolute atomic E-state index is 0.0679. The molecule has 0 unspecified atom stereocenters. The van der Waals surface area contributed by atoms with Crippen molar-refractivity contribution in [1.82, 2.24) is 10.3 Å². The molecule has 1 aromatic heterocycles. The summed E-state index contributed by atoms with van der Waals surface area (Å²) in [5.74, 6) is -0.0679. The molecule has 0 saturated carbocycles. The van der Waals surface area contributed by atoms with Crippen molar-refractivity contribution in [2.75, 3.05) is 0 Å². The number of nitrogens with zero attached hydrogens (tertiary/aromatic N) is 1. The van der Waals surface area contributed by atoms with Crippen LogP contribution in [0.25, 0.3) is 11.3 Å². The summed E-state index contributed by atoms with van der Waals surface area (Å²) in [6, 6.07) is 17.2. The number of thiazole rings is 1. The highest BCUT2D eigenvalue weighted by Gasteiger charge is 2.17. The molecular formula is C19H17BrN2OS. The number of nitrogens with one attached hydrogen (secondary N) is 1. The third-order valence-electron chi connectivity index (χ3n) is 3.69. The monoisotopic (exact) mass is 400 g/mol. The Balaban J connectivity index is 1.78. The molecular weight excluding hydrogens is 384 g/mol. The van der Waals surface area contributed by atoms with Crippen LogP contribution in [-0.2, 0) is 0 Å². The second-order valence-corrected chi connectivity index (χ2v) is 7.19. The van der Waals surface area contributed by atoms with Gasteiger partial charge in [-0.3, -0.25) is 4.79 Å². The number of benzene rings is 2. The summed E-state index contributed by atoms with van der Waals surface area (Å²) in [6.07, 6.45) is 0.796. The summed E-state index contributed by atoms with van der Waals surface area (Å²) in [5, 5.41) is 6.04. The Morgan fingerprint density at radius 2 is 2.00 bits per heavy atom. The van der Waals surface area contributed by atoms with Gasteiger partial charge >= 0.3 is 0 Å². The quantitative estimate of drug-likeness (QED) is 0.618. The molecule has 0 fully saturated rings. The smallest absolute Gasteiger partial charge is 0.251 e. The maximum absolute atomic E-state index is 12.4. The number of amides is 1. The summed E-state index contributed by atoms with van der Waals surface area (Å²) in [4.78, 5) is 17.1. The van der Waals surface area contributed by atoms with Crippen molar-refractivity contribution in [3.8, 4) is 11.3 Å². The van der Waals surface area contributed by atoms with E-state index in [1.807, 2.05) is 60.0 Å². The van der Waals surface area contributed by atoms with Gasteiger partial charge in [0.25, 0.3) is 5.91 Å². The molecule has 0 bridgehead atoms. The van der Waals surface area contributed by atoms with E-state index in [0.717, 1.165) is 27.2 Å². The van der Waals surface area contributed by atoms with E-state index in [1.54, 1.807) is 11.3 Å². The summed E-state index contributed by atoms with van der Waals surface area (Å²) in [7, 11) is 0. The van der Waals surface area contributed by atoms with Crippen LogP contribution in [0.5, 0.6) is 0 Å². The van der Waals surface area contributed by atoms with E-state index in [9.17, 15) is 4.79 Å². The SMILES string of the molecule is CC[C@@H](NC(=O)c1ccccc1)c1nc(-c2cccc(Br)c2)cs1. The second-order valence-electron chi connectivity index (χ2n) is 5.38. The zero-order valence-electron chi connectivity index (χ0n) is 13.2. The largest absolute Gasteiger partial charge is 0.343 e. The van der Waals surface area contributed by atoms with Crippen LogP contribution >= 0.6 is 27.3 Å². The Hall–Kier alpha value is -1.98. The van der Waals surface area contributed by atoms with E-state index in [1.165, 1.54) is 0 Å². The third-order valence-corrected chi connectivity index (χ3v) is 5.14. The molecule has 0 saturated heterocycles. The fourth-order valence-electron chi connectivity index (χ4n) is 2.40. The molecule has 1 atom stereocenters. The molecule has 0 spiro atoms. The van der Waals surface area contributed by atoms with E-state index in [4.69, 9.17) is 4.98 Å². The highest BCUT2D eigenvalue weighted by Crippen LogP contribution is 2.28. The zero-order valence-corrected chi connectivity index (χ0v) is 15.6. The molecule has 1 heterocycles. The topological polar surface area (TPSA) is 42.0 Å². The molecule has 1 amide bonds. The van der Waals surface area contributed by atoms with Gasteiger partial charge in [-0.25, -0.2) is 4.98 Å². The number of halogens is 1. The van der Waals surface area contributed by atoms with Crippen molar-refractivity contribution < 1.29 is 4.79 Å². The van der Waals surface area contributed by atoms with E-state index in [0.29, 0.717) is 5.56 Å². The number of hydrogen-bond donors (Lipinski definition) is 1. The number of carbonyl (C=O) groups is 1. The van der Waals surface area contributed by atoms with Gasteiger partial charge in [0.15, 0.2) is 0 Å². The van der Waals surface area contributed by atoms with Crippen LogP contribution in [0.4, 0.5) is 0 Å². The second kappa shape index (κ2) is 7.73. The Morgan fingerprint density at radius 1 is 1.21 bits per heavy atom. The number of aromatic nitrogens is 1. The van der Waals surface area contributed by atoms with Gasteiger partial charge in [0.2, 0.25) is 0 Å². The molecule has 5 heteroatoms. The fraction of sp³-hybridized carbons (Fsp3) is 0.158. The molecule has 24 heavy (non-hydrogen) atoms. The van der Waals surface area contributed by atoms with Gasteiger partial charge in [0, 0.05) is 21.0 Å². The number of carbonyl (C=O) groups excluding carboxylic acids is 1. The molecule has 3 rings (SSSR count). The average Bonchev–Trinajstić information content (AvgIpc) is 3.10. The van der Waals surface area contributed by atoms with Crippen molar-refractivity contribution in [1.29, 1.82) is 0 Å². The summed E-state index contributed by atoms with van der Waals surface area (Å²) < 4.78 is 1.03. The van der Waals surface area contributed by atoms with Crippen molar-refractivity contribution in [2.45, 2.75) is 19.4 Å². The molecule has 0 radical (unpaired) electrons. The van der Waals surface area contributed by atoms with Crippen molar-refractivity contribution in [3.63, 3.8) is 0 Å². The fourth-order valence-corrected chi connectivity index (χ4v) is 3.76. The highest BCUT2D eigenvalue weighted by molar-refractivity contribution is 9.10. The molecule has 1 N–H and O–H groups in total. The van der Waals surface area contributed by atoms with E-state index < -0.39 is 0 Å². The molecule has 3 aromatic rings. The first-order valence-corrected chi connectivity index (χ1v) is 9.42. The number of rotatable bonds is 5. The van der Waals surface area contributed by atoms with Crippen LogP contribution in [0.3, 0.4) is 0 Å². The third kappa shape index (κ3) is 3.91. The minimum atomic E-state index is -0.0800. The first kappa shape index (κ1) is 16.9. The summed E-state index contributed by atoms with van der Waals surface area (Å²) in [5.41, 5.74) is 2.67. The van der Waals surface area contributed by atoms with Crippen LogP contribution < -0.4 is 5.32 Å². The summed E-state index contributed by atoms with van der Waals surface area (Å²) in [6.45, 7) is 2.05. The standard InChI is InChI=1S/C19H17BrN2OS/c1-2-16(21-18(23)13-7-4-3-5-8-13)19-22-17(12-24-19)14-9-6-10-15(20)11-14/h3-12,16H,2H2,1H3,(H,21,23)/t16-/m1/s1. The van der Waals surface area contributed by atoms with Crippen LogP contribution in [0.15, 0.2) is 64.5 Å². The molecule has 2 aromatic carbocycles. The highest BCUT2D eigenvalue weighted by atomic mass is 79.9. The van der Waals surface area contributed by atoms with Crippen LogP contribution in [-0.4, -0.2) is 10.9 Å². The van der Waals surface area contributed by atoms with Gasteiger partial charge in [-0.15, -0.1) is 11.3 Å². The normalized spacial score (nSPS) is 11.9. The van der Waals surface area contributed by atoms with Crippen molar-refractivity contribution in [2.24, 2.45) is 0 Å². The van der Waals surface area contributed by atoms with E-state index >= 15 is 0 Å². The average molecular weight is 401 g/mol. The Kier molecular flexibility index (Phi) is 5.43. The predicted molar refractivity (Wildman–Crippen MR) is 102 cm³/mol. The van der Waals surface area contributed by atoms with Crippen LogP contribution in [0.1, 0.15) is 34.8 Å². The lowest BCUT2D eigenvalue weighted by Crippen LogP contribution is -2.28. The van der Waals surface area contributed by atoms with Gasteiger partial charge in [0.1, 0.15) is 5.01 Å². The molecule has 122 valence electrons. The maximum Gasteiger partial charge on any atom is 0.251 e. The predicted octanol–water partition coefficient (Wildman–Crippen LogP) is 5.45. The van der Waals surface area contributed by atoms with Gasteiger partial charge in [-0.1, -0.05) is 53.2 Å². The van der Waals surface area contributed by atoms with Gasteiger partial charge in [0.05, 0.1) is 11.7 Å². The van der Waals surface area contributed by atoms with Crippen LogP contribution in [0.2, 0.25) is 0 Å². The first-order valence-electron chi connectivity index (χ1n) is 7.74. The Labute approximate surface area is 153 Å². The molecule has 0 aliphatic carbocycles. The van der Waals surface area contributed by atoms with Gasteiger partial charge < -0.3 is 5.32 Å².